The average molecular weight is 242 g/mol. The second kappa shape index (κ2) is 5.49. The molecule has 4 nitrogen and oxygen atoms in total. The molecule has 0 aliphatic rings. The number of nitrogens with zero attached hydrogens (tertiary/aromatic N) is 3. The van der Waals surface area contributed by atoms with Gasteiger partial charge in [0, 0.05) is 25.5 Å². The van der Waals surface area contributed by atoms with E-state index in [1.54, 1.807) is 0 Å². The fourth-order valence-electron chi connectivity index (χ4n) is 1.62. The first-order valence-electron chi connectivity index (χ1n) is 6.06. The van der Waals surface area contributed by atoms with Crippen LogP contribution in [0.5, 0.6) is 0 Å². The first kappa shape index (κ1) is 12.4. The number of hydrogen-bond donors (Lipinski definition) is 1. The molecule has 0 amide bonds. The highest BCUT2D eigenvalue weighted by atomic mass is 15.1. The molecule has 0 saturated carbocycles. The molecule has 1 aromatic heterocycles. The molecular formula is C14H18N4. The minimum Gasteiger partial charge on any atom is -0.378 e. The lowest BCUT2D eigenvalue weighted by atomic mass is 10.3. The van der Waals surface area contributed by atoms with Crippen molar-refractivity contribution in [1.29, 1.82) is 0 Å². The Kier molecular flexibility index (Phi) is 3.77. The molecule has 0 spiro atoms. The summed E-state index contributed by atoms with van der Waals surface area (Å²) < 4.78 is 0. The smallest absolute Gasteiger partial charge is 0.152 e. The Labute approximate surface area is 107 Å². The summed E-state index contributed by atoms with van der Waals surface area (Å²) in [6.45, 7) is 2.10. The minimum absolute atomic E-state index is 0.795. The summed E-state index contributed by atoms with van der Waals surface area (Å²) in [4.78, 5) is 5.25. The van der Waals surface area contributed by atoms with E-state index in [0.717, 1.165) is 23.6 Å². The lowest BCUT2D eigenvalue weighted by Crippen LogP contribution is -2.07. The first-order valence-corrected chi connectivity index (χ1v) is 6.06. The monoisotopic (exact) mass is 242 g/mol. The van der Waals surface area contributed by atoms with Crippen LogP contribution in [0.2, 0.25) is 0 Å². The maximum Gasteiger partial charge on any atom is 0.152 e. The molecule has 0 radical (unpaired) electrons. The third kappa shape index (κ3) is 2.97. The maximum atomic E-state index is 4.20. The van der Waals surface area contributed by atoms with Crippen molar-refractivity contribution in [2.75, 3.05) is 19.0 Å². The van der Waals surface area contributed by atoms with Crippen LogP contribution in [0.15, 0.2) is 46.6 Å². The van der Waals surface area contributed by atoms with E-state index < -0.39 is 0 Å². The van der Waals surface area contributed by atoms with Gasteiger partial charge in [-0.15, -0.1) is 10.2 Å². The van der Waals surface area contributed by atoms with Crippen molar-refractivity contribution < 1.29 is 0 Å². The largest absolute Gasteiger partial charge is 0.378 e. The zero-order valence-corrected chi connectivity index (χ0v) is 11.0. The number of hydrogen-bond acceptors (Lipinski definition) is 3. The van der Waals surface area contributed by atoms with Crippen molar-refractivity contribution >= 4 is 17.2 Å². The van der Waals surface area contributed by atoms with E-state index in [9.17, 15) is 0 Å². The van der Waals surface area contributed by atoms with Crippen LogP contribution in [0.4, 0.5) is 17.2 Å². The van der Waals surface area contributed by atoms with Crippen LogP contribution in [0.3, 0.4) is 0 Å². The van der Waals surface area contributed by atoms with E-state index >= 15 is 0 Å². The number of aromatic nitrogens is 1. The van der Waals surface area contributed by atoms with E-state index in [-0.39, 0.29) is 0 Å². The number of aromatic amines is 1. The summed E-state index contributed by atoms with van der Waals surface area (Å²) in [6.07, 6.45) is 0.979. The van der Waals surface area contributed by atoms with Gasteiger partial charge in [-0.2, -0.15) is 0 Å². The molecule has 0 unspecified atom stereocenters. The highest BCUT2D eigenvalue weighted by molar-refractivity contribution is 5.51. The van der Waals surface area contributed by atoms with Crippen molar-refractivity contribution in [3.8, 4) is 0 Å². The fourth-order valence-corrected chi connectivity index (χ4v) is 1.62. The van der Waals surface area contributed by atoms with Crippen LogP contribution in [0, 0.1) is 0 Å². The normalized spacial score (nSPS) is 11.1. The van der Waals surface area contributed by atoms with Crippen molar-refractivity contribution in [3.05, 3.63) is 42.1 Å². The predicted molar refractivity (Wildman–Crippen MR) is 75.1 cm³/mol. The Morgan fingerprint density at radius 2 is 1.72 bits per heavy atom. The molecule has 0 bridgehead atoms. The fraction of sp³-hybridized carbons (Fsp3) is 0.286. The summed E-state index contributed by atoms with van der Waals surface area (Å²) in [5.74, 6) is 0.795. The molecule has 2 rings (SSSR count). The molecule has 1 N–H and O–H groups in total. The van der Waals surface area contributed by atoms with E-state index in [1.807, 2.05) is 50.5 Å². The summed E-state index contributed by atoms with van der Waals surface area (Å²) >= 11 is 0. The number of benzene rings is 1. The molecule has 1 aromatic carbocycles. The summed E-state index contributed by atoms with van der Waals surface area (Å²) in [6, 6.07) is 12.0. The Morgan fingerprint density at radius 3 is 2.28 bits per heavy atom. The summed E-state index contributed by atoms with van der Waals surface area (Å²) in [5.41, 5.74) is 3.18. The number of anilines is 1. The molecule has 4 heteroatoms. The quantitative estimate of drug-likeness (QED) is 0.807. The third-order valence-electron chi connectivity index (χ3n) is 2.75. The number of rotatable bonds is 4. The Balaban J connectivity index is 2.08. The Morgan fingerprint density at radius 1 is 1.00 bits per heavy atom. The topological polar surface area (TPSA) is 43.8 Å². The SMILES string of the molecule is CCc1ccc(N=Nc2ccc(N(C)C)cc2)[nH]1. The minimum atomic E-state index is 0.795. The number of azo groups is 1. The predicted octanol–water partition coefficient (Wildman–Crippen LogP) is 4.06. The molecule has 18 heavy (non-hydrogen) atoms. The molecule has 0 fully saturated rings. The van der Waals surface area contributed by atoms with Crippen molar-refractivity contribution in [3.63, 3.8) is 0 Å². The van der Waals surface area contributed by atoms with Crippen LogP contribution in [0.1, 0.15) is 12.6 Å². The van der Waals surface area contributed by atoms with Gasteiger partial charge in [0.15, 0.2) is 5.82 Å². The second-order valence-corrected chi connectivity index (χ2v) is 4.33. The van der Waals surface area contributed by atoms with Gasteiger partial charge >= 0.3 is 0 Å². The van der Waals surface area contributed by atoms with Crippen LogP contribution >= 0.6 is 0 Å². The summed E-state index contributed by atoms with van der Waals surface area (Å²) in [7, 11) is 4.03. The molecule has 0 aliphatic carbocycles. The van der Waals surface area contributed by atoms with Crippen molar-refractivity contribution in [1.82, 2.24) is 4.98 Å². The van der Waals surface area contributed by atoms with Gasteiger partial charge in [-0.25, -0.2) is 0 Å². The van der Waals surface area contributed by atoms with Crippen LogP contribution < -0.4 is 4.90 Å². The maximum absolute atomic E-state index is 4.20. The number of aryl methyl sites for hydroxylation is 1. The van der Waals surface area contributed by atoms with Gasteiger partial charge in [0.1, 0.15) is 0 Å². The lowest BCUT2D eigenvalue weighted by molar-refractivity contribution is 1.05. The average Bonchev–Trinajstić information content (AvgIpc) is 2.85. The molecule has 0 saturated heterocycles. The summed E-state index contributed by atoms with van der Waals surface area (Å²) in [5, 5.41) is 8.38. The number of nitrogens with one attached hydrogen (secondary N) is 1. The lowest BCUT2D eigenvalue weighted by Gasteiger charge is -2.11. The zero-order valence-electron chi connectivity index (χ0n) is 11.0. The van der Waals surface area contributed by atoms with Gasteiger partial charge < -0.3 is 9.88 Å². The van der Waals surface area contributed by atoms with Crippen molar-refractivity contribution in [2.45, 2.75) is 13.3 Å². The molecule has 2 aromatic rings. The Hall–Kier alpha value is -2.10. The van der Waals surface area contributed by atoms with Crippen LogP contribution in [-0.4, -0.2) is 19.1 Å². The standard InChI is InChI=1S/C14H18N4/c1-4-11-7-10-14(15-11)17-16-12-5-8-13(9-6-12)18(2)3/h5-10,15H,4H2,1-3H3. The van der Waals surface area contributed by atoms with Gasteiger partial charge in [0.25, 0.3) is 0 Å². The van der Waals surface area contributed by atoms with Gasteiger partial charge in [0.05, 0.1) is 5.69 Å². The molecule has 94 valence electrons. The first-order chi connectivity index (χ1) is 8.69. The highest BCUT2D eigenvalue weighted by Gasteiger charge is 1.96. The Bertz CT molecular complexity index is 523. The molecule has 0 atom stereocenters. The second-order valence-electron chi connectivity index (χ2n) is 4.33. The van der Waals surface area contributed by atoms with E-state index in [2.05, 4.69) is 27.0 Å². The van der Waals surface area contributed by atoms with E-state index in [0.29, 0.717) is 0 Å². The van der Waals surface area contributed by atoms with Gasteiger partial charge in [0.2, 0.25) is 0 Å². The van der Waals surface area contributed by atoms with Crippen LogP contribution in [-0.2, 0) is 6.42 Å². The van der Waals surface area contributed by atoms with Gasteiger partial charge in [-0.1, -0.05) is 6.92 Å². The van der Waals surface area contributed by atoms with E-state index in [4.69, 9.17) is 0 Å². The number of H-pyrrole nitrogens is 1. The van der Waals surface area contributed by atoms with E-state index in [1.165, 1.54) is 5.69 Å². The molecule has 1 heterocycles. The molecular weight excluding hydrogens is 224 g/mol. The highest BCUT2D eigenvalue weighted by Crippen LogP contribution is 2.20. The van der Waals surface area contributed by atoms with Crippen LogP contribution in [0.25, 0.3) is 0 Å². The van der Waals surface area contributed by atoms with Gasteiger partial charge in [-0.3, -0.25) is 0 Å². The molecule has 0 aliphatic heterocycles. The zero-order chi connectivity index (χ0) is 13.0. The van der Waals surface area contributed by atoms with Crippen molar-refractivity contribution in [2.24, 2.45) is 10.2 Å². The third-order valence-corrected chi connectivity index (χ3v) is 2.75. The van der Waals surface area contributed by atoms with Gasteiger partial charge in [-0.05, 0) is 42.8 Å².